The first kappa shape index (κ1) is 20.4. The van der Waals surface area contributed by atoms with E-state index < -0.39 is 16.0 Å². The molecule has 1 amide bonds. The Morgan fingerprint density at radius 1 is 1.18 bits per heavy atom. The number of halogens is 1. The molecule has 0 spiro atoms. The Labute approximate surface area is 163 Å². The van der Waals surface area contributed by atoms with E-state index in [1.54, 1.807) is 32.0 Å². The van der Waals surface area contributed by atoms with Gasteiger partial charge in [-0.1, -0.05) is 31.1 Å². The Morgan fingerprint density at radius 2 is 1.82 bits per heavy atom. The van der Waals surface area contributed by atoms with Gasteiger partial charge in [0.2, 0.25) is 0 Å². The lowest BCUT2D eigenvalue weighted by Crippen LogP contribution is -2.54. The molecule has 1 fully saturated rings. The molecule has 8 nitrogen and oxygen atoms in total. The third-order valence-corrected chi connectivity index (χ3v) is 6.94. The molecular formula is C18H23FN4O4S. The predicted molar refractivity (Wildman–Crippen MR) is 101 cm³/mol. The van der Waals surface area contributed by atoms with Gasteiger partial charge in [0.15, 0.2) is 11.5 Å². The zero-order chi connectivity index (χ0) is 20.3. The van der Waals surface area contributed by atoms with E-state index in [4.69, 9.17) is 4.52 Å². The van der Waals surface area contributed by atoms with E-state index in [1.165, 1.54) is 25.6 Å². The molecule has 0 radical (unpaired) electrons. The van der Waals surface area contributed by atoms with Crippen molar-refractivity contribution < 1.29 is 22.1 Å². The molecule has 0 aliphatic carbocycles. The second-order valence-corrected chi connectivity index (χ2v) is 8.27. The molecule has 1 saturated heterocycles. The molecule has 152 valence electrons. The minimum Gasteiger partial charge on any atom is -0.355 e. The van der Waals surface area contributed by atoms with Gasteiger partial charge in [-0.05, 0) is 12.1 Å². The van der Waals surface area contributed by atoms with Crippen LogP contribution in [0.5, 0.6) is 0 Å². The molecule has 1 aliphatic rings. The zero-order valence-corrected chi connectivity index (χ0v) is 16.7. The van der Waals surface area contributed by atoms with Crippen molar-refractivity contribution >= 4 is 16.1 Å². The fraction of sp³-hybridized carbons (Fsp3) is 0.444. The summed E-state index contributed by atoms with van der Waals surface area (Å²) in [4.78, 5) is 14.2. The van der Waals surface area contributed by atoms with E-state index in [1.807, 2.05) is 0 Å². The van der Waals surface area contributed by atoms with Crippen molar-refractivity contribution in [2.75, 3.05) is 39.3 Å². The summed E-state index contributed by atoms with van der Waals surface area (Å²) >= 11 is 0. The SMILES string of the molecule is CCN(CC)S(=O)(=O)N1CCN(C(=O)c2cc(-c3ccccc3F)on2)CC1. The number of hydrogen-bond donors (Lipinski definition) is 0. The fourth-order valence-corrected chi connectivity index (χ4v) is 4.76. The van der Waals surface area contributed by atoms with Gasteiger partial charge in [-0.25, -0.2) is 4.39 Å². The second-order valence-electron chi connectivity index (χ2n) is 6.34. The molecular weight excluding hydrogens is 387 g/mol. The summed E-state index contributed by atoms with van der Waals surface area (Å²) < 4.78 is 46.9. The summed E-state index contributed by atoms with van der Waals surface area (Å²) in [5.41, 5.74) is 0.294. The van der Waals surface area contributed by atoms with Gasteiger partial charge in [-0.3, -0.25) is 4.79 Å². The highest BCUT2D eigenvalue weighted by atomic mass is 32.2. The van der Waals surface area contributed by atoms with E-state index in [9.17, 15) is 17.6 Å². The average Bonchev–Trinajstić information content (AvgIpc) is 3.18. The van der Waals surface area contributed by atoms with Crippen molar-refractivity contribution in [3.8, 4) is 11.3 Å². The maximum atomic E-state index is 13.9. The summed E-state index contributed by atoms with van der Waals surface area (Å²) in [5, 5.41) is 3.76. The number of rotatable bonds is 6. The van der Waals surface area contributed by atoms with Gasteiger partial charge in [-0.15, -0.1) is 0 Å². The normalized spacial score (nSPS) is 15.9. The minimum absolute atomic E-state index is 0.0679. The van der Waals surface area contributed by atoms with Crippen molar-refractivity contribution in [2.45, 2.75) is 13.8 Å². The van der Waals surface area contributed by atoms with E-state index in [2.05, 4.69) is 5.16 Å². The Kier molecular flexibility index (Phi) is 6.11. The van der Waals surface area contributed by atoms with Gasteiger partial charge in [-0.2, -0.15) is 17.0 Å². The van der Waals surface area contributed by atoms with Gasteiger partial charge in [0.25, 0.3) is 16.1 Å². The number of piperazine rings is 1. The van der Waals surface area contributed by atoms with Crippen LogP contribution in [-0.4, -0.2) is 72.3 Å². The first-order valence-corrected chi connectivity index (χ1v) is 10.5. The lowest BCUT2D eigenvalue weighted by molar-refractivity contribution is 0.0684. The lowest BCUT2D eigenvalue weighted by Gasteiger charge is -2.35. The third kappa shape index (κ3) is 3.94. The van der Waals surface area contributed by atoms with E-state index in [-0.39, 0.29) is 49.1 Å². The molecule has 2 aromatic rings. The van der Waals surface area contributed by atoms with E-state index in [0.717, 1.165) is 0 Å². The van der Waals surface area contributed by atoms with Crippen LogP contribution < -0.4 is 0 Å². The highest BCUT2D eigenvalue weighted by molar-refractivity contribution is 7.86. The Morgan fingerprint density at radius 3 is 2.43 bits per heavy atom. The smallest absolute Gasteiger partial charge is 0.282 e. The van der Waals surface area contributed by atoms with Gasteiger partial charge in [0.1, 0.15) is 5.82 Å². The van der Waals surface area contributed by atoms with E-state index >= 15 is 0 Å². The largest absolute Gasteiger partial charge is 0.355 e. The fourth-order valence-electron chi connectivity index (χ4n) is 3.16. The number of aromatic nitrogens is 1. The number of carbonyl (C=O) groups excluding carboxylic acids is 1. The third-order valence-electron chi connectivity index (χ3n) is 4.75. The molecule has 1 aromatic carbocycles. The topological polar surface area (TPSA) is 87.0 Å². The number of nitrogens with zero attached hydrogens (tertiary/aromatic N) is 4. The Hall–Kier alpha value is -2.30. The standard InChI is InChI=1S/C18H23FN4O4S/c1-3-22(4-2)28(25,26)23-11-9-21(10-12-23)18(24)16-13-17(27-20-16)14-7-5-6-8-15(14)19/h5-8,13H,3-4,9-12H2,1-2H3. The monoisotopic (exact) mass is 410 g/mol. The second kappa shape index (κ2) is 8.38. The molecule has 0 saturated carbocycles. The first-order valence-electron chi connectivity index (χ1n) is 9.14. The van der Waals surface area contributed by atoms with Crippen LogP contribution in [0, 0.1) is 5.82 Å². The Balaban J connectivity index is 1.67. The van der Waals surface area contributed by atoms with Gasteiger partial charge >= 0.3 is 0 Å². The average molecular weight is 410 g/mol. The molecule has 28 heavy (non-hydrogen) atoms. The number of hydrogen-bond acceptors (Lipinski definition) is 5. The predicted octanol–water partition coefficient (Wildman–Crippen LogP) is 1.83. The number of benzene rings is 1. The summed E-state index contributed by atoms with van der Waals surface area (Å²) in [6.45, 7) is 5.30. The first-order chi connectivity index (χ1) is 13.4. The van der Waals surface area contributed by atoms with E-state index in [0.29, 0.717) is 13.1 Å². The van der Waals surface area contributed by atoms with Gasteiger partial charge in [0, 0.05) is 45.3 Å². The molecule has 1 aromatic heterocycles. The van der Waals surface area contributed by atoms with Crippen molar-refractivity contribution in [3.63, 3.8) is 0 Å². The highest BCUT2D eigenvalue weighted by Crippen LogP contribution is 2.24. The Bertz CT molecular complexity index is 935. The number of amides is 1. The van der Waals surface area contributed by atoms with Crippen molar-refractivity contribution in [1.82, 2.24) is 18.7 Å². The van der Waals surface area contributed by atoms with Gasteiger partial charge < -0.3 is 9.42 Å². The lowest BCUT2D eigenvalue weighted by atomic mass is 10.1. The maximum absolute atomic E-state index is 13.9. The molecule has 10 heteroatoms. The highest BCUT2D eigenvalue weighted by Gasteiger charge is 2.33. The van der Waals surface area contributed by atoms with Crippen LogP contribution in [0.2, 0.25) is 0 Å². The summed E-state index contributed by atoms with van der Waals surface area (Å²) in [5.74, 6) is -0.664. The van der Waals surface area contributed by atoms with Crippen molar-refractivity contribution in [1.29, 1.82) is 0 Å². The molecule has 0 atom stereocenters. The molecule has 0 unspecified atom stereocenters. The number of carbonyl (C=O) groups is 1. The molecule has 0 bridgehead atoms. The summed E-state index contributed by atoms with van der Waals surface area (Å²) in [6.07, 6.45) is 0. The van der Waals surface area contributed by atoms with Crippen LogP contribution in [-0.2, 0) is 10.2 Å². The minimum atomic E-state index is -3.52. The summed E-state index contributed by atoms with van der Waals surface area (Å²) in [6, 6.07) is 7.47. The van der Waals surface area contributed by atoms with Crippen LogP contribution in [0.25, 0.3) is 11.3 Å². The van der Waals surface area contributed by atoms with Crippen molar-refractivity contribution in [3.05, 3.63) is 41.8 Å². The van der Waals surface area contributed by atoms with Crippen LogP contribution in [0.4, 0.5) is 4.39 Å². The summed E-state index contributed by atoms with van der Waals surface area (Å²) in [7, 11) is -3.52. The van der Waals surface area contributed by atoms with Gasteiger partial charge in [0.05, 0.1) is 5.56 Å². The van der Waals surface area contributed by atoms with Crippen LogP contribution in [0.3, 0.4) is 0 Å². The molecule has 3 rings (SSSR count). The van der Waals surface area contributed by atoms with Crippen LogP contribution >= 0.6 is 0 Å². The zero-order valence-electron chi connectivity index (χ0n) is 15.8. The molecule has 0 N–H and O–H groups in total. The maximum Gasteiger partial charge on any atom is 0.282 e. The van der Waals surface area contributed by atoms with Crippen LogP contribution in [0.15, 0.2) is 34.9 Å². The van der Waals surface area contributed by atoms with Crippen LogP contribution in [0.1, 0.15) is 24.3 Å². The van der Waals surface area contributed by atoms with Crippen molar-refractivity contribution in [2.24, 2.45) is 0 Å². The molecule has 1 aliphatic heterocycles. The molecule has 2 heterocycles. The quantitative estimate of drug-likeness (QED) is 0.725.